The second-order valence-electron chi connectivity index (χ2n) is 4.02. The van der Waals surface area contributed by atoms with Crippen molar-refractivity contribution in [3.05, 3.63) is 33.9 Å². The molecule has 2 nitrogen and oxygen atoms in total. The van der Waals surface area contributed by atoms with E-state index in [0.717, 1.165) is 0 Å². The lowest BCUT2D eigenvalue weighted by Crippen LogP contribution is -2.23. The normalized spacial score (nSPS) is 13.0. The van der Waals surface area contributed by atoms with Gasteiger partial charge in [-0.15, -0.1) is 0 Å². The summed E-state index contributed by atoms with van der Waals surface area (Å²) in [5.41, 5.74) is 18.0. The van der Waals surface area contributed by atoms with Gasteiger partial charge in [0.2, 0.25) is 0 Å². The van der Waals surface area contributed by atoms with E-state index < -0.39 is 0 Å². The molecule has 0 aliphatic heterocycles. The fourth-order valence-corrected chi connectivity index (χ4v) is 1.92. The molecule has 14 heavy (non-hydrogen) atoms. The summed E-state index contributed by atoms with van der Waals surface area (Å²) in [6, 6.07) is 2.17. The van der Waals surface area contributed by atoms with Crippen LogP contribution in [0.25, 0.3) is 0 Å². The summed E-state index contributed by atoms with van der Waals surface area (Å²) in [5, 5.41) is 0. The second kappa shape index (κ2) is 4.11. The molecule has 1 unspecified atom stereocenters. The van der Waals surface area contributed by atoms with Crippen LogP contribution >= 0.6 is 0 Å². The minimum Gasteiger partial charge on any atom is -0.329 e. The molecule has 1 atom stereocenters. The van der Waals surface area contributed by atoms with Crippen LogP contribution in [0.2, 0.25) is 0 Å². The van der Waals surface area contributed by atoms with E-state index in [1.165, 1.54) is 27.8 Å². The number of aryl methyl sites for hydroxylation is 2. The molecule has 0 aliphatic carbocycles. The van der Waals surface area contributed by atoms with Crippen molar-refractivity contribution in [1.82, 2.24) is 0 Å². The maximum absolute atomic E-state index is 6.01. The Labute approximate surface area is 86.3 Å². The smallest absolute Gasteiger partial charge is 0.0424 e. The van der Waals surface area contributed by atoms with Crippen LogP contribution in [-0.2, 0) is 0 Å². The van der Waals surface area contributed by atoms with Crippen LogP contribution in [0.5, 0.6) is 0 Å². The Kier molecular flexibility index (Phi) is 3.29. The Bertz CT molecular complexity index is 316. The first kappa shape index (κ1) is 11.2. The second-order valence-corrected chi connectivity index (χ2v) is 4.02. The minimum atomic E-state index is -0.0337. The Morgan fingerprint density at radius 3 is 1.86 bits per heavy atom. The molecule has 0 aliphatic rings. The summed E-state index contributed by atoms with van der Waals surface area (Å²) in [4.78, 5) is 0. The molecular formula is C12H20N2. The third-order valence-corrected chi connectivity index (χ3v) is 3.05. The van der Waals surface area contributed by atoms with Gasteiger partial charge in [0.1, 0.15) is 0 Å². The molecular weight excluding hydrogens is 172 g/mol. The molecule has 0 fully saturated rings. The highest BCUT2D eigenvalue weighted by Crippen LogP contribution is 2.25. The fourth-order valence-electron chi connectivity index (χ4n) is 1.92. The minimum absolute atomic E-state index is 0.0337. The van der Waals surface area contributed by atoms with Gasteiger partial charge in [-0.1, -0.05) is 6.07 Å². The largest absolute Gasteiger partial charge is 0.329 e. The Morgan fingerprint density at radius 1 is 1.07 bits per heavy atom. The highest BCUT2D eigenvalue weighted by atomic mass is 14.7. The predicted molar refractivity (Wildman–Crippen MR) is 61.4 cm³/mol. The van der Waals surface area contributed by atoms with Gasteiger partial charge in [0.25, 0.3) is 0 Å². The molecule has 0 bridgehead atoms. The molecule has 78 valence electrons. The summed E-state index contributed by atoms with van der Waals surface area (Å²) in [7, 11) is 0. The predicted octanol–water partition coefficient (Wildman–Crippen LogP) is 1.88. The van der Waals surface area contributed by atoms with Crippen molar-refractivity contribution < 1.29 is 0 Å². The van der Waals surface area contributed by atoms with E-state index in [2.05, 4.69) is 33.8 Å². The number of benzene rings is 1. The maximum atomic E-state index is 6.01. The lowest BCUT2D eigenvalue weighted by Gasteiger charge is -2.19. The average molecular weight is 192 g/mol. The molecule has 0 amide bonds. The topological polar surface area (TPSA) is 52.0 Å². The first-order chi connectivity index (χ1) is 6.49. The molecule has 0 aromatic heterocycles. The zero-order valence-corrected chi connectivity index (χ0v) is 9.52. The van der Waals surface area contributed by atoms with Gasteiger partial charge in [-0.05, 0) is 55.5 Å². The van der Waals surface area contributed by atoms with Crippen molar-refractivity contribution in [1.29, 1.82) is 0 Å². The van der Waals surface area contributed by atoms with Crippen molar-refractivity contribution in [3.8, 4) is 0 Å². The van der Waals surface area contributed by atoms with Crippen LogP contribution in [0.3, 0.4) is 0 Å². The van der Waals surface area contributed by atoms with E-state index in [4.69, 9.17) is 11.5 Å². The third-order valence-electron chi connectivity index (χ3n) is 3.05. The van der Waals surface area contributed by atoms with Gasteiger partial charge in [0, 0.05) is 12.6 Å². The van der Waals surface area contributed by atoms with E-state index in [1.54, 1.807) is 0 Å². The van der Waals surface area contributed by atoms with Crippen LogP contribution in [0.4, 0.5) is 0 Å². The van der Waals surface area contributed by atoms with Crippen molar-refractivity contribution in [2.75, 3.05) is 6.54 Å². The van der Waals surface area contributed by atoms with Gasteiger partial charge in [-0.3, -0.25) is 0 Å². The molecule has 0 saturated carbocycles. The van der Waals surface area contributed by atoms with E-state index in [1.807, 2.05) is 0 Å². The monoisotopic (exact) mass is 192 g/mol. The zero-order valence-electron chi connectivity index (χ0n) is 9.52. The fraction of sp³-hybridized carbons (Fsp3) is 0.500. The molecule has 1 aromatic rings. The van der Waals surface area contributed by atoms with Gasteiger partial charge >= 0.3 is 0 Å². The van der Waals surface area contributed by atoms with E-state index in [9.17, 15) is 0 Å². The molecule has 1 aromatic carbocycles. The average Bonchev–Trinajstić information content (AvgIpc) is 2.15. The zero-order chi connectivity index (χ0) is 10.9. The van der Waals surface area contributed by atoms with Crippen molar-refractivity contribution in [2.24, 2.45) is 11.5 Å². The van der Waals surface area contributed by atoms with Gasteiger partial charge in [-0.25, -0.2) is 0 Å². The molecule has 0 spiro atoms. The lowest BCUT2D eigenvalue weighted by atomic mass is 9.90. The summed E-state index contributed by atoms with van der Waals surface area (Å²) >= 11 is 0. The molecule has 0 heterocycles. The van der Waals surface area contributed by atoms with E-state index in [0.29, 0.717) is 6.54 Å². The Hall–Kier alpha value is -0.860. The number of hydrogen-bond donors (Lipinski definition) is 2. The Balaban J connectivity index is 3.39. The van der Waals surface area contributed by atoms with Crippen molar-refractivity contribution in [3.63, 3.8) is 0 Å². The van der Waals surface area contributed by atoms with E-state index in [-0.39, 0.29) is 6.04 Å². The quantitative estimate of drug-likeness (QED) is 0.751. The third kappa shape index (κ3) is 1.81. The van der Waals surface area contributed by atoms with Crippen LogP contribution in [-0.4, -0.2) is 6.54 Å². The highest BCUT2D eigenvalue weighted by Gasteiger charge is 2.13. The van der Waals surface area contributed by atoms with Crippen LogP contribution in [0.1, 0.15) is 33.9 Å². The standard InChI is InChI=1S/C12H20N2/c1-7-5-8(2)10(4)12(9(7)3)11(14)6-13/h5,11H,6,13-14H2,1-4H3. The van der Waals surface area contributed by atoms with Gasteiger partial charge < -0.3 is 11.5 Å². The first-order valence-corrected chi connectivity index (χ1v) is 5.02. The lowest BCUT2D eigenvalue weighted by molar-refractivity contribution is 0.723. The van der Waals surface area contributed by atoms with Gasteiger partial charge in [-0.2, -0.15) is 0 Å². The highest BCUT2D eigenvalue weighted by molar-refractivity contribution is 5.45. The molecule has 4 N–H and O–H groups in total. The van der Waals surface area contributed by atoms with Crippen LogP contribution < -0.4 is 11.5 Å². The molecule has 0 radical (unpaired) electrons. The number of hydrogen-bond acceptors (Lipinski definition) is 2. The van der Waals surface area contributed by atoms with Crippen molar-refractivity contribution in [2.45, 2.75) is 33.7 Å². The Morgan fingerprint density at radius 2 is 1.50 bits per heavy atom. The number of nitrogens with two attached hydrogens (primary N) is 2. The molecule has 1 rings (SSSR count). The SMILES string of the molecule is Cc1cc(C)c(C)c(C(N)CN)c1C. The van der Waals surface area contributed by atoms with Crippen LogP contribution in [0.15, 0.2) is 6.07 Å². The van der Waals surface area contributed by atoms with E-state index >= 15 is 0 Å². The summed E-state index contributed by atoms with van der Waals surface area (Å²) in [6.45, 7) is 8.98. The summed E-state index contributed by atoms with van der Waals surface area (Å²) in [6.07, 6.45) is 0. The van der Waals surface area contributed by atoms with Crippen molar-refractivity contribution >= 4 is 0 Å². The molecule has 0 saturated heterocycles. The van der Waals surface area contributed by atoms with Gasteiger partial charge in [0.15, 0.2) is 0 Å². The first-order valence-electron chi connectivity index (χ1n) is 5.02. The molecule has 2 heteroatoms. The summed E-state index contributed by atoms with van der Waals surface area (Å²) in [5.74, 6) is 0. The maximum Gasteiger partial charge on any atom is 0.0424 e. The summed E-state index contributed by atoms with van der Waals surface area (Å²) < 4.78 is 0. The van der Waals surface area contributed by atoms with Gasteiger partial charge in [0.05, 0.1) is 0 Å². The van der Waals surface area contributed by atoms with Crippen LogP contribution in [0, 0.1) is 27.7 Å². The number of rotatable bonds is 2.